The molecule has 2 saturated heterocycles. The lowest BCUT2D eigenvalue weighted by molar-refractivity contribution is -0.146. The maximum atomic E-state index is 11.8. The molecule has 2 heterocycles. The van der Waals surface area contributed by atoms with Gasteiger partial charge in [-0.1, -0.05) is 6.42 Å². The molecule has 0 spiro atoms. The molecule has 0 saturated carbocycles. The van der Waals surface area contributed by atoms with Gasteiger partial charge in [0.15, 0.2) is 0 Å². The molecule has 3 heteroatoms. The highest BCUT2D eigenvalue weighted by molar-refractivity contribution is 5.79. The summed E-state index contributed by atoms with van der Waals surface area (Å²) in [4.78, 5) is 13.8. The molecule has 2 aliphatic rings. The molecule has 0 bridgehead atoms. The number of carbonyl (C=O) groups is 1. The monoisotopic (exact) mass is 197 g/mol. The number of rotatable bonds is 1. The van der Waals surface area contributed by atoms with Crippen LogP contribution < -0.4 is 0 Å². The summed E-state index contributed by atoms with van der Waals surface area (Å²) >= 11 is 0. The Morgan fingerprint density at radius 1 is 1.43 bits per heavy atom. The van der Waals surface area contributed by atoms with E-state index in [1.807, 2.05) is 4.90 Å². The van der Waals surface area contributed by atoms with Gasteiger partial charge in [-0.25, -0.2) is 0 Å². The number of methoxy groups -OCH3 is 1. The molecule has 80 valence electrons. The van der Waals surface area contributed by atoms with Gasteiger partial charge in [-0.05, 0) is 32.6 Å². The van der Waals surface area contributed by atoms with Crippen molar-refractivity contribution >= 4 is 5.91 Å². The lowest BCUT2D eigenvalue weighted by Gasteiger charge is -2.38. The molecule has 0 aliphatic carbocycles. The van der Waals surface area contributed by atoms with Crippen molar-refractivity contribution < 1.29 is 9.53 Å². The van der Waals surface area contributed by atoms with Crippen LogP contribution in [0.25, 0.3) is 0 Å². The van der Waals surface area contributed by atoms with Gasteiger partial charge in [-0.2, -0.15) is 0 Å². The van der Waals surface area contributed by atoms with E-state index in [9.17, 15) is 4.79 Å². The lowest BCUT2D eigenvalue weighted by Crippen LogP contribution is -2.49. The Hall–Kier alpha value is -0.570. The topological polar surface area (TPSA) is 29.5 Å². The Bertz CT molecular complexity index is 241. The fourth-order valence-electron chi connectivity index (χ4n) is 2.85. The van der Waals surface area contributed by atoms with E-state index in [1.165, 1.54) is 12.8 Å². The van der Waals surface area contributed by atoms with Crippen LogP contribution in [0.1, 0.15) is 45.4 Å². The Morgan fingerprint density at radius 2 is 2.21 bits per heavy atom. The van der Waals surface area contributed by atoms with Crippen molar-refractivity contribution in [2.24, 2.45) is 0 Å². The normalized spacial score (nSPS) is 38.3. The lowest BCUT2D eigenvalue weighted by atomic mass is 9.93. The van der Waals surface area contributed by atoms with E-state index in [0.29, 0.717) is 6.42 Å². The minimum atomic E-state index is 0.0255. The highest BCUT2D eigenvalue weighted by Gasteiger charge is 2.45. The molecule has 0 aromatic carbocycles. The van der Waals surface area contributed by atoms with Gasteiger partial charge >= 0.3 is 0 Å². The largest absolute Gasteiger partial charge is 0.362 e. The second kappa shape index (κ2) is 3.54. The third-order valence-corrected chi connectivity index (χ3v) is 3.70. The third-order valence-electron chi connectivity index (χ3n) is 3.70. The third kappa shape index (κ3) is 1.44. The number of hydrogen-bond acceptors (Lipinski definition) is 2. The Kier molecular flexibility index (Phi) is 2.52. The molecule has 2 atom stereocenters. The van der Waals surface area contributed by atoms with Crippen LogP contribution in [-0.4, -0.2) is 29.7 Å². The van der Waals surface area contributed by atoms with Crippen LogP contribution in [0.15, 0.2) is 0 Å². The van der Waals surface area contributed by atoms with Crippen LogP contribution >= 0.6 is 0 Å². The fraction of sp³-hybridized carbons (Fsp3) is 0.909. The van der Waals surface area contributed by atoms with Crippen molar-refractivity contribution in [2.45, 2.75) is 57.2 Å². The van der Waals surface area contributed by atoms with Crippen LogP contribution in [0.4, 0.5) is 0 Å². The first-order valence-electron chi connectivity index (χ1n) is 5.52. The van der Waals surface area contributed by atoms with Crippen LogP contribution in [0.2, 0.25) is 0 Å². The first-order valence-corrected chi connectivity index (χ1v) is 5.52. The molecule has 2 fully saturated rings. The zero-order chi connectivity index (χ0) is 10.2. The maximum Gasteiger partial charge on any atom is 0.225 e. The zero-order valence-electron chi connectivity index (χ0n) is 9.08. The standard InChI is InChI=1S/C11H19NO2/c1-11-7-4-3-5-10(14-2)12(11)9(13)6-8-11/h10H,3-8H2,1-2H3. The minimum absolute atomic E-state index is 0.0255. The van der Waals surface area contributed by atoms with Crippen LogP contribution in [0.5, 0.6) is 0 Å². The number of carbonyl (C=O) groups excluding carboxylic acids is 1. The molecule has 0 N–H and O–H groups in total. The van der Waals surface area contributed by atoms with Crippen molar-refractivity contribution in [3.8, 4) is 0 Å². The molecule has 3 nitrogen and oxygen atoms in total. The summed E-state index contributed by atoms with van der Waals surface area (Å²) in [5.41, 5.74) is 0.0776. The van der Waals surface area contributed by atoms with E-state index in [4.69, 9.17) is 4.74 Å². The van der Waals surface area contributed by atoms with E-state index in [-0.39, 0.29) is 17.7 Å². The maximum absolute atomic E-state index is 11.8. The molecule has 1 amide bonds. The van der Waals surface area contributed by atoms with Crippen LogP contribution in [0, 0.1) is 0 Å². The number of hydrogen-bond donors (Lipinski definition) is 0. The number of amides is 1. The van der Waals surface area contributed by atoms with E-state index < -0.39 is 0 Å². The quantitative estimate of drug-likeness (QED) is 0.642. The van der Waals surface area contributed by atoms with Crippen molar-refractivity contribution in [3.05, 3.63) is 0 Å². The summed E-state index contributed by atoms with van der Waals surface area (Å²) in [5.74, 6) is 0.279. The Morgan fingerprint density at radius 3 is 2.93 bits per heavy atom. The van der Waals surface area contributed by atoms with E-state index in [2.05, 4.69) is 6.92 Å². The molecule has 2 aliphatic heterocycles. The predicted molar refractivity (Wildman–Crippen MR) is 53.8 cm³/mol. The number of ether oxygens (including phenoxy) is 1. The van der Waals surface area contributed by atoms with Gasteiger partial charge in [0, 0.05) is 19.1 Å². The van der Waals surface area contributed by atoms with Gasteiger partial charge in [0.1, 0.15) is 6.23 Å². The molecular weight excluding hydrogens is 178 g/mol. The van der Waals surface area contributed by atoms with Crippen molar-refractivity contribution in [3.63, 3.8) is 0 Å². The van der Waals surface area contributed by atoms with Gasteiger partial charge in [-0.3, -0.25) is 4.79 Å². The molecule has 2 rings (SSSR count). The van der Waals surface area contributed by atoms with Gasteiger partial charge in [0.2, 0.25) is 5.91 Å². The molecular formula is C11H19NO2. The summed E-state index contributed by atoms with van der Waals surface area (Å²) in [6.45, 7) is 2.20. The second-order valence-corrected chi connectivity index (χ2v) is 4.70. The Balaban J connectivity index is 2.25. The molecule has 2 unspecified atom stereocenters. The van der Waals surface area contributed by atoms with Gasteiger partial charge in [0.25, 0.3) is 0 Å². The average molecular weight is 197 g/mol. The van der Waals surface area contributed by atoms with E-state index >= 15 is 0 Å². The average Bonchev–Trinajstić information content (AvgIpc) is 2.37. The predicted octanol–water partition coefficient (Wildman–Crippen LogP) is 1.91. The summed E-state index contributed by atoms with van der Waals surface area (Å²) < 4.78 is 5.43. The first-order chi connectivity index (χ1) is 6.67. The molecule has 0 radical (unpaired) electrons. The smallest absolute Gasteiger partial charge is 0.225 e. The molecule has 0 aromatic rings. The van der Waals surface area contributed by atoms with Gasteiger partial charge in [0.05, 0.1) is 0 Å². The van der Waals surface area contributed by atoms with Gasteiger partial charge < -0.3 is 9.64 Å². The number of nitrogens with zero attached hydrogens (tertiary/aromatic N) is 1. The summed E-state index contributed by atoms with van der Waals surface area (Å²) in [7, 11) is 1.71. The highest BCUT2D eigenvalue weighted by atomic mass is 16.5. The van der Waals surface area contributed by atoms with E-state index in [0.717, 1.165) is 19.3 Å². The fourth-order valence-corrected chi connectivity index (χ4v) is 2.85. The zero-order valence-corrected chi connectivity index (χ0v) is 9.08. The molecule has 0 aromatic heterocycles. The number of fused-ring (bicyclic) bond motifs is 1. The second-order valence-electron chi connectivity index (χ2n) is 4.70. The highest BCUT2D eigenvalue weighted by Crippen LogP contribution is 2.39. The van der Waals surface area contributed by atoms with Crippen LogP contribution in [-0.2, 0) is 9.53 Å². The van der Waals surface area contributed by atoms with Crippen molar-refractivity contribution in [1.82, 2.24) is 4.90 Å². The van der Waals surface area contributed by atoms with Crippen LogP contribution in [0.3, 0.4) is 0 Å². The van der Waals surface area contributed by atoms with E-state index in [1.54, 1.807) is 7.11 Å². The van der Waals surface area contributed by atoms with Crippen molar-refractivity contribution in [1.29, 1.82) is 0 Å². The minimum Gasteiger partial charge on any atom is -0.362 e. The summed E-state index contributed by atoms with van der Waals surface area (Å²) in [6, 6.07) is 0. The SMILES string of the molecule is COC1CCCCC2(C)CCC(=O)N12. The summed E-state index contributed by atoms with van der Waals surface area (Å²) in [5, 5.41) is 0. The van der Waals surface area contributed by atoms with Gasteiger partial charge in [-0.15, -0.1) is 0 Å². The summed E-state index contributed by atoms with van der Waals surface area (Å²) in [6.07, 6.45) is 6.27. The Labute approximate surface area is 85.4 Å². The first kappa shape index (κ1) is 9.97. The van der Waals surface area contributed by atoms with Crippen molar-refractivity contribution in [2.75, 3.05) is 7.11 Å². The molecule has 14 heavy (non-hydrogen) atoms.